The van der Waals surface area contributed by atoms with Gasteiger partial charge in [0, 0.05) is 4.88 Å². The van der Waals surface area contributed by atoms with E-state index < -0.39 is 12.1 Å². The summed E-state index contributed by atoms with van der Waals surface area (Å²) < 4.78 is 5.71. The van der Waals surface area contributed by atoms with Crippen molar-refractivity contribution >= 4 is 34.0 Å². The number of fused-ring (bicyclic) bond motifs is 1. The topological polar surface area (TPSA) is 75.6 Å². The minimum Gasteiger partial charge on any atom is -0.481 e. The van der Waals surface area contributed by atoms with E-state index in [2.05, 4.69) is 5.32 Å². The number of nitrogens with one attached hydrogen (secondary N) is 1. The first-order chi connectivity index (χ1) is 12.0. The second kappa shape index (κ2) is 7.36. The maximum absolute atomic E-state index is 12.2. The molecule has 0 spiro atoms. The Bertz CT molecular complexity index is 918. The summed E-state index contributed by atoms with van der Waals surface area (Å²) in [4.78, 5) is 24.1. The number of rotatable bonds is 6. The molecule has 0 unspecified atom stereocenters. The number of amides is 1. The van der Waals surface area contributed by atoms with E-state index in [1.165, 1.54) is 6.07 Å². The number of hydrogen-bond donors (Lipinski definition) is 2. The summed E-state index contributed by atoms with van der Waals surface area (Å²) in [7, 11) is 0. The molecule has 0 saturated carbocycles. The third-order valence-electron chi connectivity index (χ3n) is 3.71. The van der Waals surface area contributed by atoms with Gasteiger partial charge in [-0.05, 0) is 42.0 Å². The zero-order valence-corrected chi connectivity index (χ0v) is 14.4. The quantitative estimate of drug-likeness (QED) is 0.707. The number of benzene rings is 2. The lowest BCUT2D eigenvalue weighted by molar-refractivity contribution is -0.127. The van der Waals surface area contributed by atoms with Crippen LogP contribution >= 0.6 is 11.3 Å². The molecule has 5 nitrogen and oxygen atoms in total. The van der Waals surface area contributed by atoms with Crippen LogP contribution in [0.15, 0.2) is 54.6 Å². The monoisotopic (exact) mass is 355 g/mol. The first-order valence-electron chi connectivity index (χ1n) is 7.78. The molecule has 0 aliphatic carbocycles. The Labute approximate surface area is 148 Å². The van der Waals surface area contributed by atoms with Gasteiger partial charge in [-0.15, -0.1) is 11.3 Å². The summed E-state index contributed by atoms with van der Waals surface area (Å²) in [5.41, 5.74) is 0. The molecule has 6 heteroatoms. The standard InChI is InChI=1S/C19H17NO4S/c1-12(18(21)20-11-16-8-9-17(25-16)19(22)23)24-15-7-6-13-4-2-3-5-14(13)10-15/h2-10,12H,11H2,1H3,(H,20,21)(H,22,23)/t12-/m1/s1. The van der Waals surface area contributed by atoms with E-state index in [0.717, 1.165) is 27.0 Å². The van der Waals surface area contributed by atoms with Crippen LogP contribution in [0.3, 0.4) is 0 Å². The highest BCUT2D eigenvalue weighted by atomic mass is 32.1. The second-order valence-electron chi connectivity index (χ2n) is 5.56. The molecule has 3 aromatic rings. The molecular weight excluding hydrogens is 338 g/mol. The van der Waals surface area contributed by atoms with Crippen LogP contribution in [0.1, 0.15) is 21.5 Å². The smallest absolute Gasteiger partial charge is 0.345 e. The van der Waals surface area contributed by atoms with Gasteiger partial charge in [0.25, 0.3) is 5.91 Å². The Morgan fingerprint density at radius 1 is 1.12 bits per heavy atom. The molecule has 0 aliphatic heterocycles. The van der Waals surface area contributed by atoms with Crippen LogP contribution in [0.4, 0.5) is 0 Å². The molecule has 0 saturated heterocycles. The van der Waals surface area contributed by atoms with Gasteiger partial charge in [-0.25, -0.2) is 4.79 Å². The number of aromatic carboxylic acids is 1. The number of carboxylic acids is 1. The molecular formula is C19H17NO4S. The molecule has 25 heavy (non-hydrogen) atoms. The largest absolute Gasteiger partial charge is 0.481 e. The first kappa shape index (κ1) is 17.0. The fourth-order valence-corrected chi connectivity index (χ4v) is 3.19. The molecule has 1 heterocycles. The molecule has 1 aromatic heterocycles. The predicted molar refractivity (Wildman–Crippen MR) is 97.2 cm³/mol. The van der Waals surface area contributed by atoms with Gasteiger partial charge in [0.15, 0.2) is 6.10 Å². The predicted octanol–water partition coefficient (Wildman–Crippen LogP) is 3.68. The Kier molecular flexibility index (Phi) is 5.00. The number of ether oxygens (including phenoxy) is 1. The lowest BCUT2D eigenvalue weighted by Gasteiger charge is -2.15. The summed E-state index contributed by atoms with van der Waals surface area (Å²) in [6, 6.07) is 16.8. The van der Waals surface area contributed by atoms with Gasteiger partial charge in [-0.1, -0.05) is 30.3 Å². The van der Waals surface area contributed by atoms with Gasteiger partial charge in [0.05, 0.1) is 6.54 Å². The van der Waals surface area contributed by atoms with Crippen molar-refractivity contribution in [3.8, 4) is 5.75 Å². The van der Waals surface area contributed by atoms with Crippen molar-refractivity contribution in [2.75, 3.05) is 0 Å². The van der Waals surface area contributed by atoms with E-state index in [0.29, 0.717) is 5.75 Å². The first-order valence-corrected chi connectivity index (χ1v) is 8.60. The highest BCUT2D eigenvalue weighted by Crippen LogP contribution is 2.21. The van der Waals surface area contributed by atoms with Gasteiger partial charge in [0.2, 0.25) is 0 Å². The zero-order chi connectivity index (χ0) is 17.8. The van der Waals surface area contributed by atoms with Crippen molar-refractivity contribution in [3.05, 3.63) is 64.4 Å². The zero-order valence-electron chi connectivity index (χ0n) is 13.6. The Hall–Kier alpha value is -2.86. The van der Waals surface area contributed by atoms with E-state index in [9.17, 15) is 9.59 Å². The Morgan fingerprint density at radius 2 is 1.88 bits per heavy atom. The SMILES string of the molecule is C[C@@H](Oc1ccc2ccccc2c1)C(=O)NCc1ccc(C(=O)O)s1. The molecule has 3 rings (SSSR count). The van der Waals surface area contributed by atoms with Crippen LogP contribution in [0.5, 0.6) is 5.75 Å². The summed E-state index contributed by atoms with van der Waals surface area (Å²) in [5.74, 6) is -0.584. The average Bonchev–Trinajstić information content (AvgIpc) is 3.09. The van der Waals surface area contributed by atoms with Gasteiger partial charge in [-0.2, -0.15) is 0 Å². The van der Waals surface area contributed by atoms with Gasteiger partial charge >= 0.3 is 5.97 Å². The summed E-state index contributed by atoms with van der Waals surface area (Å²) >= 11 is 1.14. The highest BCUT2D eigenvalue weighted by molar-refractivity contribution is 7.13. The van der Waals surface area contributed by atoms with Crippen LogP contribution < -0.4 is 10.1 Å². The minimum absolute atomic E-state index is 0.251. The van der Waals surface area contributed by atoms with Crippen molar-refractivity contribution in [3.63, 3.8) is 0 Å². The van der Waals surface area contributed by atoms with Crippen molar-refractivity contribution in [2.45, 2.75) is 19.6 Å². The lowest BCUT2D eigenvalue weighted by atomic mass is 10.1. The van der Waals surface area contributed by atoms with Crippen molar-refractivity contribution in [1.82, 2.24) is 5.32 Å². The number of carbonyl (C=O) groups is 2. The Balaban J connectivity index is 1.58. The minimum atomic E-state index is -0.962. The molecule has 1 atom stereocenters. The number of carboxylic acid groups (broad SMARTS) is 1. The van der Waals surface area contributed by atoms with E-state index >= 15 is 0 Å². The third kappa shape index (κ3) is 4.16. The molecule has 0 radical (unpaired) electrons. The van der Waals surface area contributed by atoms with Crippen LogP contribution in [0.2, 0.25) is 0 Å². The molecule has 0 bridgehead atoms. The summed E-state index contributed by atoms with van der Waals surface area (Å²) in [6.45, 7) is 1.96. The van der Waals surface area contributed by atoms with E-state index in [4.69, 9.17) is 9.84 Å². The number of hydrogen-bond acceptors (Lipinski definition) is 4. The molecule has 2 N–H and O–H groups in total. The normalized spacial score (nSPS) is 11.9. The van der Waals surface area contributed by atoms with Crippen LogP contribution in [0, 0.1) is 0 Å². The molecule has 0 fully saturated rings. The van der Waals surface area contributed by atoms with Crippen LogP contribution in [-0.4, -0.2) is 23.1 Å². The average molecular weight is 355 g/mol. The fourth-order valence-electron chi connectivity index (χ4n) is 2.40. The maximum atomic E-state index is 12.2. The van der Waals surface area contributed by atoms with Crippen molar-refractivity contribution in [2.24, 2.45) is 0 Å². The van der Waals surface area contributed by atoms with Gasteiger partial charge < -0.3 is 15.2 Å². The summed E-state index contributed by atoms with van der Waals surface area (Å²) in [5, 5.41) is 13.8. The molecule has 128 valence electrons. The number of carbonyl (C=O) groups excluding carboxylic acids is 1. The van der Waals surface area contributed by atoms with Crippen LogP contribution in [-0.2, 0) is 11.3 Å². The van der Waals surface area contributed by atoms with E-state index in [-0.39, 0.29) is 17.3 Å². The molecule has 2 aromatic carbocycles. The van der Waals surface area contributed by atoms with E-state index in [1.54, 1.807) is 13.0 Å². The van der Waals surface area contributed by atoms with Crippen molar-refractivity contribution < 1.29 is 19.4 Å². The van der Waals surface area contributed by atoms with Gasteiger partial charge in [-0.3, -0.25) is 4.79 Å². The maximum Gasteiger partial charge on any atom is 0.345 e. The summed E-state index contributed by atoms with van der Waals surface area (Å²) in [6.07, 6.45) is -0.653. The third-order valence-corrected chi connectivity index (χ3v) is 4.79. The Morgan fingerprint density at radius 3 is 2.60 bits per heavy atom. The highest BCUT2D eigenvalue weighted by Gasteiger charge is 2.15. The van der Waals surface area contributed by atoms with Gasteiger partial charge in [0.1, 0.15) is 10.6 Å². The lowest BCUT2D eigenvalue weighted by Crippen LogP contribution is -2.35. The fraction of sp³-hybridized carbons (Fsp3) is 0.158. The van der Waals surface area contributed by atoms with E-state index in [1.807, 2.05) is 42.5 Å². The molecule has 1 amide bonds. The van der Waals surface area contributed by atoms with Crippen molar-refractivity contribution in [1.29, 1.82) is 0 Å². The second-order valence-corrected chi connectivity index (χ2v) is 6.73. The number of thiophene rings is 1. The van der Waals surface area contributed by atoms with Crippen LogP contribution in [0.25, 0.3) is 10.8 Å². The molecule has 0 aliphatic rings.